The van der Waals surface area contributed by atoms with E-state index in [1.165, 1.54) is 0 Å². The molecule has 0 bridgehead atoms. The van der Waals surface area contributed by atoms with Gasteiger partial charge in [0.05, 0.1) is 17.9 Å². The Kier molecular flexibility index (Phi) is 2.99. The van der Waals surface area contributed by atoms with Crippen LogP contribution in [0, 0.1) is 3.57 Å². The summed E-state index contributed by atoms with van der Waals surface area (Å²) < 4.78 is 1.11. The van der Waals surface area contributed by atoms with Gasteiger partial charge in [0.25, 0.3) is 0 Å². The molecule has 0 amide bonds. The molecule has 2 rings (SSSR count). The van der Waals surface area contributed by atoms with Crippen LogP contribution in [0.2, 0.25) is 0 Å². The quantitative estimate of drug-likeness (QED) is 0.580. The fraction of sp³-hybridized carbons (Fsp3) is 0.125. The van der Waals surface area contributed by atoms with Crippen LogP contribution in [0.1, 0.15) is 5.82 Å². The number of nitrogen functional groups attached to an aromatic ring is 1. The van der Waals surface area contributed by atoms with Crippen molar-refractivity contribution < 1.29 is 0 Å². The van der Waals surface area contributed by atoms with Crippen LogP contribution < -0.4 is 11.1 Å². The smallest absolute Gasteiger partial charge is 0.193 e. The van der Waals surface area contributed by atoms with E-state index in [2.05, 4.69) is 48.5 Å². The molecule has 4 N–H and O–H groups in total. The van der Waals surface area contributed by atoms with Crippen LogP contribution in [-0.2, 0) is 6.54 Å². The number of aromatic amines is 1. The Labute approximate surface area is 99.8 Å². The van der Waals surface area contributed by atoms with Gasteiger partial charge in [0, 0.05) is 3.57 Å². The number of anilines is 2. The molecule has 7 heteroatoms. The molecule has 0 saturated carbocycles. The predicted molar refractivity (Wildman–Crippen MR) is 65.1 cm³/mol. The van der Waals surface area contributed by atoms with Gasteiger partial charge in [-0.1, -0.05) is 5.21 Å². The highest BCUT2D eigenvalue weighted by Crippen LogP contribution is 2.20. The van der Waals surface area contributed by atoms with Crippen LogP contribution in [0.5, 0.6) is 0 Å². The molecule has 0 spiro atoms. The average Bonchev–Trinajstić information content (AvgIpc) is 2.69. The Morgan fingerprint density at radius 3 is 3.00 bits per heavy atom. The average molecular weight is 316 g/mol. The number of hydrogen-bond acceptors (Lipinski definition) is 5. The van der Waals surface area contributed by atoms with Crippen molar-refractivity contribution in [3.8, 4) is 0 Å². The highest BCUT2D eigenvalue weighted by atomic mass is 127. The number of aromatic nitrogens is 4. The minimum absolute atomic E-state index is 0.501. The summed E-state index contributed by atoms with van der Waals surface area (Å²) >= 11 is 2.21. The maximum absolute atomic E-state index is 5.83. The van der Waals surface area contributed by atoms with Gasteiger partial charge < -0.3 is 11.1 Å². The van der Waals surface area contributed by atoms with E-state index in [4.69, 9.17) is 5.73 Å². The van der Waals surface area contributed by atoms with Gasteiger partial charge in [-0.05, 0) is 40.8 Å². The van der Waals surface area contributed by atoms with E-state index in [0.29, 0.717) is 18.1 Å². The van der Waals surface area contributed by atoms with Crippen LogP contribution >= 0.6 is 22.6 Å². The van der Waals surface area contributed by atoms with Crippen LogP contribution in [0.4, 0.5) is 11.4 Å². The molecule has 1 heterocycles. The molecule has 78 valence electrons. The predicted octanol–water partition coefficient (Wildman–Crippen LogP) is 0.999. The van der Waals surface area contributed by atoms with Gasteiger partial charge in [0.2, 0.25) is 0 Å². The largest absolute Gasteiger partial charge is 0.397 e. The molecule has 0 aliphatic carbocycles. The fourth-order valence-electron chi connectivity index (χ4n) is 1.13. The lowest BCUT2D eigenvalue weighted by atomic mass is 10.3. The van der Waals surface area contributed by atoms with Crippen LogP contribution in [0.3, 0.4) is 0 Å². The summed E-state index contributed by atoms with van der Waals surface area (Å²) in [5.74, 6) is 0.605. The standard InChI is InChI=1S/C8H9IN6/c9-5-1-2-7(6(10)3-5)11-4-8-12-14-15-13-8/h1-3,11H,4,10H2,(H,12,13,14,15). The maximum Gasteiger partial charge on any atom is 0.193 e. The van der Waals surface area contributed by atoms with Crippen molar-refractivity contribution in [3.63, 3.8) is 0 Å². The van der Waals surface area contributed by atoms with Gasteiger partial charge in [0.1, 0.15) is 0 Å². The number of tetrazole rings is 1. The van der Waals surface area contributed by atoms with Crippen LogP contribution in [0.15, 0.2) is 18.2 Å². The van der Waals surface area contributed by atoms with Gasteiger partial charge in [-0.2, -0.15) is 5.21 Å². The van der Waals surface area contributed by atoms with Crippen molar-refractivity contribution in [2.75, 3.05) is 11.1 Å². The first-order valence-corrected chi connectivity index (χ1v) is 5.35. The van der Waals surface area contributed by atoms with Crippen molar-refractivity contribution in [3.05, 3.63) is 27.6 Å². The van der Waals surface area contributed by atoms with Crippen molar-refractivity contribution in [2.24, 2.45) is 0 Å². The Hall–Kier alpha value is -1.38. The summed E-state index contributed by atoms with van der Waals surface area (Å²) in [6.07, 6.45) is 0. The summed E-state index contributed by atoms with van der Waals surface area (Å²) in [4.78, 5) is 0. The third-order valence-electron chi connectivity index (χ3n) is 1.84. The first-order valence-electron chi connectivity index (χ1n) is 4.27. The second kappa shape index (κ2) is 4.43. The van der Waals surface area contributed by atoms with E-state index in [-0.39, 0.29) is 0 Å². The lowest BCUT2D eigenvalue weighted by molar-refractivity contribution is 0.881. The van der Waals surface area contributed by atoms with Crippen LogP contribution in [-0.4, -0.2) is 20.6 Å². The topological polar surface area (TPSA) is 92.5 Å². The van der Waals surface area contributed by atoms with E-state index in [0.717, 1.165) is 9.26 Å². The zero-order valence-electron chi connectivity index (χ0n) is 7.74. The second-order valence-corrected chi connectivity index (χ2v) is 4.16. The molecule has 1 aromatic carbocycles. The van der Waals surface area contributed by atoms with E-state index in [9.17, 15) is 0 Å². The number of nitrogens with zero attached hydrogens (tertiary/aromatic N) is 3. The molecule has 15 heavy (non-hydrogen) atoms. The number of H-pyrrole nitrogens is 1. The molecule has 1 aromatic heterocycles. The van der Waals surface area contributed by atoms with Crippen molar-refractivity contribution in [1.82, 2.24) is 20.6 Å². The SMILES string of the molecule is Nc1cc(I)ccc1NCc1nn[nH]n1. The first kappa shape index (κ1) is 10.1. The third kappa shape index (κ3) is 2.55. The number of halogens is 1. The van der Waals surface area contributed by atoms with E-state index in [1.807, 2.05) is 18.2 Å². The third-order valence-corrected chi connectivity index (χ3v) is 2.51. The molecule has 0 unspecified atom stereocenters. The molecule has 0 aliphatic heterocycles. The van der Waals surface area contributed by atoms with Crippen molar-refractivity contribution >= 4 is 34.0 Å². The zero-order chi connectivity index (χ0) is 10.7. The number of hydrogen-bond donors (Lipinski definition) is 3. The highest BCUT2D eigenvalue weighted by Gasteiger charge is 2.01. The van der Waals surface area contributed by atoms with Gasteiger partial charge >= 0.3 is 0 Å². The number of nitrogens with one attached hydrogen (secondary N) is 2. The summed E-state index contributed by atoms with van der Waals surface area (Å²) in [5.41, 5.74) is 7.42. The molecule has 0 fully saturated rings. The molecule has 0 radical (unpaired) electrons. The Balaban J connectivity index is 2.05. The lowest BCUT2D eigenvalue weighted by Crippen LogP contribution is -2.04. The summed E-state index contributed by atoms with van der Waals surface area (Å²) in [5, 5.41) is 16.6. The molecule has 0 saturated heterocycles. The molecule has 2 aromatic rings. The minimum Gasteiger partial charge on any atom is -0.397 e. The molecule has 6 nitrogen and oxygen atoms in total. The maximum atomic E-state index is 5.83. The van der Waals surface area contributed by atoms with E-state index < -0.39 is 0 Å². The zero-order valence-corrected chi connectivity index (χ0v) is 9.89. The van der Waals surface area contributed by atoms with E-state index in [1.54, 1.807) is 0 Å². The van der Waals surface area contributed by atoms with Gasteiger partial charge in [0.15, 0.2) is 5.82 Å². The molecule has 0 atom stereocenters. The number of nitrogens with two attached hydrogens (primary N) is 1. The van der Waals surface area contributed by atoms with Gasteiger partial charge in [-0.25, -0.2) is 0 Å². The summed E-state index contributed by atoms with van der Waals surface area (Å²) in [6, 6.07) is 5.81. The van der Waals surface area contributed by atoms with Gasteiger partial charge in [-0.3, -0.25) is 0 Å². The van der Waals surface area contributed by atoms with Crippen molar-refractivity contribution in [2.45, 2.75) is 6.54 Å². The fourth-order valence-corrected chi connectivity index (χ4v) is 1.64. The summed E-state index contributed by atoms with van der Waals surface area (Å²) in [7, 11) is 0. The van der Waals surface area contributed by atoms with Crippen molar-refractivity contribution in [1.29, 1.82) is 0 Å². The first-order chi connectivity index (χ1) is 7.25. The normalized spacial score (nSPS) is 10.2. The molecular formula is C8H9IN6. The van der Waals surface area contributed by atoms with Crippen LogP contribution in [0.25, 0.3) is 0 Å². The summed E-state index contributed by atoms with van der Waals surface area (Å²) in [6.45, 7) is 0.501. The lowest BCUT2D eigenvalue weighted by Gasteiger charge is -2.07. The molecule has 0 aliphatic rings. The minimum atomic E-state index is 0.501. The Morgan fingerprint density at radius 2 is 2.33 bits per heavy atom. The van der Waals surface area contributed by atoms with E-state index >= 15 is 0 Å². The Morgan fingerprint density at radius 1 is 1.47 bits per heavy atom. The van der Waals surface area contributed by atoms with Gasteiger partial charge in [-0.15, -0.1) is 10.2 Å². The monoisotopic (exact) mass is 316 g/mol. The second-order valence-electron chi connectivity index (χ2n) is 2.91. The highest BCUT2D eigenvalue weighted by molar-refractivity contribution is 14.1. The molecular weight excluding hydrogens is 307 g/mol. The number of rotatable bonds is 3. The Bertz CT molecular complexity index is 440. The number of benzene rings is 1.